The van der Waals surface area contributed by atoms with Crippen LogP contribution in [0.15, 0.2) is 24.7 Å². The van der Waals surface area contributed by atoms with Crippen LogP contribution in [0.5, 0.6) is 0 Å². The molecule has 0 aliphatic carbocycles. The van der Waals surface area contributed by atoms with Gasteiger partial charge in [-0.15, -0.1) is 0 Å². The highest BCUT2D eigenvalue weighted by atomic mass is 19.4. The Kier molecular flexibility index (Phi) is 7.74. The number of alkyl halides is 3. The summed E-state index contributed by atoms with van der Waals surface area (Å²) >= 11 is 0. The Morgan fingerprint density at radius 3 is 2.61 bits per heavy atom. The molecular weight excluding hydrogens is 491 g/mol. The number of anilines is 2. The van der Waals surface area contributed by atoms with Crippen molar-refractivity contribution in [2.24, 2.45) is 18.5 Å². The molecular formula is C19H22F3N9O5. The zero-order valence-corrected chi connectivity index (χ0v) is 18.7. The lowest BCUT2D eigenvalue weighted by Gasteiger charge is -2.29. The van der Waals surface area contributed by atoms with Gasteiger partial charge in [-0.3, -0.25) is 14.3 Å². The van der Waals surface area contributed by atoms with E-state index in [4.69, 9.17) is 26.1 Å². The lowest BCUT2D eigenvalue weighted by atomic mass is 10.0. The fourth-order valence-electron chi connectivity index (χ4n) is 3.19. The second-order valence-electron chi connectivity index (χ2n) is 7.60. The van der Waals surface area contributed by atoms with Gasteiger partial charge in [0.2, 0.25) is 0 Å². The number of carboxylic acids is 1. The Hall–Kier alpha value is -4.25. The molecule has 4 rings (SSSR count). The largest absolute Gasteiger partial charge is 0.490 e. The smallest absolute Gasteiger partial charge is 0.475 e. The number of carbonyl (C=O) groups is 3. The molecule has 0 aromatic carbocycles. The quantitative estimate of drug-likeness (QED) is 0.308. The maximum atomic E-state index is 12.8. The molecule has 1 saturated heterocycles. The van der Waals surface area contributed by atoms with Gasteiger partial charge in [-0.1, -0.05) is 0 Å². The van der Waals surface area contributed by atoms with E-state index in [1.807, 2.05) is 0 Å². The van der Waals surface area contributed by atoms with E-state index in [9.17, 15) is 22.8 Å². The maximum Gasteiger partial charge on any atom is 0.490 e. The summed E-state index contributed by atoms with van der Waals surface area (Å²) in [6.07, 6.45) is 0.279. The maximum absolute atomic E-state index is 12.8. The van der Waals surface area contributed by atoms with Crippen molar-refractivity contribution in [3.05, 3.63) is 35.9 Å². The molecule has 3 aromatic rings. The third-order valence-corrected chi connectivity index (χ3v) is 4.90. The average molecular weight is 513 g/mol. The summed E-state index contributed by atoms with van der Waals surface area (Å²) in [6.45, 7) is 1.11. The number of rotatable bonds is 5. The van der Waals surface area contributed by atoms with E-state index in [1.54, 1.807) is 19.3 Å². The Balaban J connectivity index is 0.000000454. The number of aryl methyl sites for hydroxylation is 1. The number of amides is 2. The molecule has 194 valence electrons. The summed E-state index contributed by atoms with van der Waals surface area (Å²) in [5.41, 5.74) is 12.2. The highest BCUT2D eigenvalue weighted by Gasteiger charge is 2.38. The van der Waals surface area contributed by atoms with Gasteiger partial charge in [0.15, 0.2) is 11.3 Å². The SMILES string of the molecule is Cn1cc(NC(=O)c2cnn3ccc(N[C@@H]4CCOC[C@@H]4N)nc23)c(C(N)=O)n1.O=C(O)C(F)(F)F. The van der Waals surface area contributed by atoms with Gasteiger partial charge in [-0.2, -0.15) is 23.4 Å². The number of hydrogen-bond donors (Lipinski definition) is 5. The molecule has 2 amide bonds. The first-order valence-corrected chi connectivity index (χ1v) is 10.3. The number of aromatic nitrogens is 5. The summed E-state index contributed by atoms with van der Waals surface area (Å²) in [7, 11) is 1.62. The van der Waals surface area contributed by atoms with Crippen LogP contribution in [0, 0.1) is 0 Å². The van der Waals surface area contributed by atoms with Crippen molar-refractivity contribution in [3.8, 4) is 0 Å². The number of carboxylic acid groups (broad SMARTS) is 1. The number of primary amides is 1. The first-order chi connectivity index (χ1) is 16.9. The van der Waals surface area contributed by atoms with Crippen LogP contribution < -0.4 is 22.1 Å². The molecule has 1 aliphatic heterocycles. The van der Waals surface area contributed by atoms with E-state index in [1.165, 1.54) is 21.6 Å². The number of aliphatic carboxylic acids is 1. The minimum atomic E-state index is -5.08. The van der Waals surface area contributed by atoms with Gasteiger partial charge in [-0.05, 0) is 12.5 Å². The van der Waals surface area contributed by atoms with Crippen LogP contribution in [-0.2, 0) is 16.6 Å². The van der Waals surface area contributed by atoms with E-state index in [0.717, 1.165) is 6.42 Å². The highest BCUT2D eigenvalue weighted by Crippen LogP contribution is 2.18. The molecule has 0 radical (unpaired) electrons. The number of halogens is 3. The predicted molar refractivity (Wildman–Crippen MR) is 117 cm³/mol. The molecule has 0 unspecified atom stereocenters. The zero-order valence-electron chi connectivity index (χ0n) is 18.7. The Morgan fingerprint density at radius 1 is 1.31 bits per heavy atom. The Morgan fingerprint density at radius 2 is 2.00 bits per heavy atom. The van der Waals surface area contributed by atoms with E-state index >= 15 is 0 Å². The highest BCUT2D eigenvalue weighted by molar-refractivity contribution is 6.10. The molecule has 17 heteroatoms. The number of fused-ring (bicyclic) bond motifs is 1. The first-order valence-electron chi connectivity index (χ1n) is 10.3. The second kappa shape index (κ2) is 10.6. The minimum Gasteiger partial charge on any atom is -0.475 e. The third-order valence-electron chi connectivity index (χ3n) is 4.90. The summed E-state index contributed by atoms with van der Waals surface area (Å²) < 4.78 is 40.0. The predicted octanol–water partition coefficient (Wildman–Crippen LogP) is -0.0246. The van der Waals surface area contributed by atoms with E-state index in [-0.39, 0.29) is 29.0 Å². The van der Waals surface area contributed by atoms with Gasteiger partial charge in [0.25, 0.3) is 11.8 Å². The van der Waals surface area contributed by atoms with E-state index in [0.29, 0.717) is 24.7 Å². The number of hydrogen-bond acceptors (Lipinski definition) is 9. The van der Waals surface area contributed by atoms with Crippen molar-refractivity contribution >= 4 is 34.9 Å². The lowest BCUT2D eigenvalue weighted by Crippen LogP contribution is -2.47. The van der Waals surface area contributed by atoms with Gasteiger partial charge in [0.1, 0.15) is 11.4 Å². The van der Waals surface area contributed by atoms with E-state index < -0.39 is 24.0 Å². The fraction of sp³-hybridized carbons (Fsp3) is 0.368. The molecule has 0 spiro atoms. The van der Waals surface area contributed by atoms with Crippen LogP contribution in [0.4, 0.5) is 24.7 Å². The van der Waals surface area contributed by atoms with Crippen molar-refractivity contribution < 1.29 is 37.4 Å². The standard InChI is InChI=1S/C17H21N9O3.C2HF3O2/c1-25-7-12(14(24-25)15(19)27)22-17(28)9-6-20-26-4-2-13(23-16(9)26)21-11-3-5-29-8-10(11)18;3-2(4,5)1(6)7/h2,4,6-7,10-11H,3,5,8,18H2,1H3,(H2,19,27)(H,21,23)(H,22,28);(H,6,7)/t10-,11+;/m0./s1. The zero-order chi connectivity index (χ0) is 26.6. The van der Waals surface area contributed by atoms with Gasteiger partial charge < -0.3 is 31.9 Å². The molecule has 14 nitrogen and oxygen atoms in total. The molecule has 2 atom stereocenters. The molecule has 1 fully saturated rings. The minimum absolute atomic E-state index is 0.0208. The van der Waals surface area contributed by atoms with E-state index in [2.05, 4.69) is 25.8 Å². The Labute approximate surface area is 200 Å². The van der Waals surface area contributed by atoms with Crippen LogP contribution in [0.3, 0.4) is 0 Å². The summed E-state index contributed by atoms with van der Waals surface area (Å²) in [5, 5.41) is 21.2. The number of nitrogens with two attached hydrogens (primary N) is 2. The van der Waals surface area contributed by atoms with Crippen LogP contribution in [0.2, 0.25) is 0 Å². The van der Waals surface area contributed by atoms with Crippen LogP contribution >= 0.6 is 0 Å². The van der Waals surface area contributed by atoms with Crippen molar-refractivity contribution in [2.45, 2.75) is 24.7 Å². The van der Waals surface area contributed by atoms with Crippen molar-refractivity contribution in [1.29, 1.82) is 0 Å². The van der Waals surface area contributed by atoms with Gasteiger partial charge in [0, 0.05) is 38.1 Å². The van der Waals surface area contributed by atoms with Crippen molar-refractivity contribution in [3.63, 3.8) is 0 Å². The molecule has 4 heterocycles. The summed E-state index contributed by atoms with van der Waals surface area (Å²) in [5.74, 6) is -3.40. The summed E-state index contributed by atoms with van der Waals surface area (Å²) in [6, 6.07) is 1.63. The summed E-state index contributed by atoms with van der Waals surface area (Å²) in [4.78, 5) is 37.7. The normalized spacial score (nSPS) is 17.7. The number of ether oxygens (including phenoxy) is 1. The monoisotopic (exact) mass is 513 g/mol. The number of carbonyl (C=O) groups excluding carboxylic acids is 2. The van der Waals surface area contributed by atoms with Gasteiger partial charge in [-0.25, -0.2) is 14.3 Å². The number of nitrogens with one attached hydrogen (secondary N) is 2. The molecule has 1 aliphatic rings. The molecule has 3 aromatic heterocycles. The van der Waals surface area contributed by atoms with Crippen molar-refractivity contribution in [1.82, 2.24) is 24.4 Å². The molecule has 7 N–H and O–H groups in total. The fourth-order valence-corrected chi connectivity index (χ4v) is 3.19. The topological polar surface area (TPSA) is 205 Å². The third kappa shape index (κ3) is 6.25. The molecule has 36 heavy (non-hydrogen) atoms. The molecule has 0 saturated carbocycles. The van der Waals surface area contributed by atoms with Gasteiger partial charge in [0.05, 0.1) is 18.5 Å². The van der Waals surface area contributed by atoms with Gasteiger partial charge >= 0.3 is 12.1 Å². The first kappa shape index (κ1) is 26.4. The van der Waals surface area contributed by atoms with Crippen LogP contribution in [0.1, 0.15) is 27.3 Å². The molecule has 0 bridgehead atoms. The average Bonchev–Trinajstić information content (AvgIpc) is 3.38. The second-order valence-corrected chi connectivity index (χ2v) is 7.60. The Bertz CT molecular complexity index is 1270. The van der Waals surface area contributed by atoms with Crippen LogP contribution in [-0.4, -0.2) is 78.7 Å². The lowest BCUT2D eigenvalue weighted by molar-refractivity contribution is -0.192. The van der Waals surface area contributed by atoms with Crippen molar-refractivity contribution in [2.75, 3.05) is 23.8 Å². The number of nitrogens with zero attached hydrogens (tertiary/aromatic N) is 5. The van der Waals surface area contributed by atoms with Crippen LogP contribution in [0.25, 0.3) is 5.65 Å².